The fourth-order valence-electron chi connectivity index (χ4n) is 0.856. The van der Waals surface area contributed by atoms with Gasteiger partial charge in [0.2, 0.25) is 0 Å². The van der Waals surface area contributed by atoms with Crippen LogP contribution in [0.2, 0.25) is 0 Å². The molecule has 70 valence electrons. The number of carbonyl (C=O) groups excluding carboxylic acids is 1. The van der Waals surface area contributed by atoms with Gasteiger partial charge in [0.1, 0.15) is 0 Å². The molecular formula is C8H9NO4. The molecule has 0 spiro atoms. The summed E-state index contributed by atoms with van der Waals surface area (Å²) in [5.74, 6) is -0.916. The van der Waals surface area contributed by atoms with Gasteiger partial charge in [-0.3, -0.25) is 9.36 Å². The minimum absolute atomic E-state index is 0.0445. The molecule has 1 rings (SSSR count). The Balaban J connectivity index is 3.29. The number of hydrogen-bond acceptors (Lipinski definition) is 4. The largest absolute Gasteiger partial charge is 0.494 e. The Labute approximate surface area is 74.2 Å². The van der Waals surface area contributed by atoms with Crippen LogP contribution >= 0.6 is 0 Å². The van der Waals surface area contributed by atoms with Crippen LogP contribution in [-0.2, 0) is 11.8 Å². The zero-order chi connectivity index (χ0) is 10.0. The highest BCUT2D eigenvalue weighted by Crippen LogP contribution is 2.07. The molecule has 0 bridgehead atoms. The molecule has 1 aromatic rings. The van der Waals surface area contributed by atoms with Crippen molar-refractivity contribution in [1.82, 2.24) is 4.57 Å². The summed E-state index contributed by atoms with van der Waals surface area (Å²) in [4.78, 5) is 22.0. The van der Waals surface area contributed by atoms with E-state index in [0.717, 1.165) is 10.6 Å². The van der Waals surface area contributed by atoms with Gasteiger partial charge in [-0.2, -0.15) is 0 Å². The third kappa shape index (κ3) is 1.69. The SMILES string of the molecule is COC(=O)c1cc(O)n(C)c(=O)c1. The first kappa shape index (κ1) is 9.31. The van der Waals surface area contributed by atoms with E-state index in [9.17, 15) is 14.7 Å². The highest BCUT2D eigenvalue weighted by molar-refractivity contribution is 5.89. The van der Waals surface area contributed by atoms with Crippen molar-refractivity contribution in [3.05, 3.63) is 28.0 Å². The average molecular weight is 183 g/mol. The number of nitrogens with zero attached hydrogens (tertiary/aromatic N) is 1. The summed E-state index contributed by atoms with van der Waals surface area (Å²) in [5.41, 5.74) is -0.413. The number of aromatic hydroxyl groups is 1. The molecule has 0 aromatic carbocycles. The molecule has 0 aliphatic rings. The standard InChI is InChI=1S/C8H9NO4/c1-9-6(10)3-5(4-7(9)11)8(12)13-2/h3-4,10H,1-2H3. The van der Waals surface area contributed by atoms with Gasteiger partial charge in [-0.25, -0.2) is 4.79 Å². The maximum atomic E-state index is 11.1. The van der Waals surface area contributed by atoms with Crippen LogP contribution in [0, 0.1) is 0 Å². The molecular weight excluding hydrogens is 174 g/mol. The number of esters is 1. The number of pyridine rings is 1. The Kier molecular flexibility index (Phi) is 2.36. The van der Waals surface area contributed by atoms with Crippen LogP contribution in [0.5, 0.6) is 5.88 Å². The van der Waals surface area contributed by atoms with E-state index in [4.69, 9.17) is 0 Å². The first-order chi connectivity index (χ1) is 6.06. The van der Waals surface area contributed by atoms with Crippen molar-refractivity contribution >= 4 is 5.97 Å². The highest BCUT2D eigenvalue weighted by atomic mass is 16.5. The zero-order valence-corrected chi connectivity index (χ0v) is 7.27. The third-order valence-electron chi connectivity index (χ3n) is 1.66. The van der Waals surface area contributed by atoms with Gasteiger partial charge in [0.05, 0.1) is 12.7 Å². The maximum absolute atomic E-state index is 11.1. The molecule has 0 aliphatic carbocycles. The van der Waals surface area contributed by atoms with E-state index in [1.54, 1.807) is 0 Å². The van der Waals surface area contributed by atoms with Gasteiger partial charge in [0.15, 0.2) is 5.88 Å². The van der Waals surface area contributed by atoms with Crippen LogP contribution in [0.3, 0.4) is 0 Å². The van der Waals surface area contributed by atoms with E-state index in [0.29, 0.717) is 0 Å². The van der Waals surface area contributed by atoms with Gasteiger partial charge in [-0.15, -0.1) is 0 Å². The number of aromatic nitrogens is 1. The van der Waals surface area contributed by atoms with Gasteiger partial charge in [0.25, 0.3) is 5.56 Å². The van der Waals surface area contributed by atoms with Crippen molar-refractivity contribution in [2.45, 2.75) is 0 Å². The van der Waals surface area contributed by atoms with Crippen molar-refractivity contribution in [1.29, 1.82) is 0 Å². The van der Waals surface area contributed by atoms with Crippen LogP contribution in [0.25, 0.3) is 0 Å². The second-order valence-electron chi connectivity index (χ2n) is 2.49. The minimum Gasteiger partial charge on any atom is -0.494 e. The van der Waals surface area contributed by atoms with Crippen LogP contribution in [0.1, 0.15) is 10.4 Å². The van der Waals surface area contributed by atoms with Crippen molar-refractivity contribution in [3.8, 4) is 5.88 Å². The van der Waals surface area contributed by atoms with E-state index < -0.39 is 11.5 Å². The Bertz CT molecular complexity index is 394. The lowest BCUT2D eigenvalue weighted by Gasteiger charge is -2.03. The smallest absolute Gasteiger partial charge is 0.338 e. The number of carbonyl (C=O) groups is 1. The normalized spacial score (nSPS) is 9.69. The van der Waals surface area contributed by atoms with Crippen molar-refractivity contribution in [3.63, 3.8) is 0 Å². The van der Waals surface area contributed by atoms with Gasteiger partial charge in [-0.05, 0) is 0 Å². The van der Waals surface area contributed by atoms with Crippen molar-refractivity contribution in [2.75, 3.05) is 7.11 Å². The number of ether oxygens (including phenoxy) is 1. The lowest BCUT2D eigenvalue weighted by Crippen LogP contribution is -2.18. The Hall–Kier alpha value is -1.78. The van der Waals surface area contributed by atoms with E-state index in [2.05, 4.69) is 4.74 Å². The topological polar surface area (TPSA) is 68.5 Å². The lowest BCUT2D eigenvalue weighted by atomic mass is 10.2. The fourth-order valence-corrected chi connectivity index (χ4v) is 0.856. The zero-order valence-electron chi connectivity index (χ0n) is 7.27. The summed E-state index contributed by atoms with van der Waals surface area (Å²) in [6, 6.07) is 2.28. The molecule has 0 saturated carbocycles. The molecule has 1 aromatic heterocycles. The molecule has 5 heteroatoms. The minimum atomic E-state index is -0.645. The lowest BCUT2D eigenvalue weighted by molar-refractivity contribution is 0.0599. The second kappa shape index (κ2) is 3.30. The predicted molar refractivity (Wildman–Crippen MR) is 44.7 cm³/mol. The van der Waals surface area contributed by atoms with Crippen molar-refractivity contribution in [2.24, 2.45) is 7.05 Å². The first-order valence-corrected chi connectivity index (χ1v) is 3.54. The first-order valence-electron chi connectivity index (χ1n) is 3.54. The van der Waals surface area contributed by atoms with Gasteiger partial charge in [-0.1, -0.05) is 0 Å². The summed E-state index contributed by atoms with van der Waals surface area (Å²) < 4.78 is 5.41. The Morgan fingerprint density at radius 1 is 1.54 bits per heavy atom. The van der Waals surface area contributed by atoms with E-state index in [1.165, 1.54) is 20.2 Å². The molecule has 0 saturated heterocycles. The van der Waals surface area contributed by atoms with Gasteiger partial charge < -0.3 is 9.84 Å². The van der Waals surface area contributed by atoms with Crippen LogP contribution in [0.15, 0.2) is 16.9 Å². The number of rotatable bonds is 1. The van der Waals surface area contributed by atoms with Gasteiger partial charge >= 0.3 is 5.97 Å². The summed E-state index contributed by atoms with van der Waals surface area (Å²) in [6.45, 7) is 0. The van der Waals surface area contributed by atoms with Crippen LogP contribution < -0.4 is 5.56 Å². The Morgan fingerprint density at radius 3 is 2.62 bits per heavy atom. The van der Waals surface area contributed by atoms with E-state index in [-0.39, 0.29) is 11.4 Å². The average Bonchev–Trinajstić information content (AvgIpc) is 2.12. The summed E-state index contributed by atoms with van der Waals surface area (Å²) in [6.07, 6.45) is 0. The van der Waals surface area contributed by atoms with Crippen molar-refractivity contribution < 1.29 is 14.6 Å². The fraction of sp³-hybridized carbons (Fsp3) is 0.250. The van der Waals surface area contributed by atoms with Gasteiger partial charge in [0, 0.05) is 19.2 Å². The van der Waals surface area contributed by atoms with E-state index in [1.807, 2.05) is 0 Å². The molecule has 0 aliphatic heterocycles. The van der Waals surface area contributed by atoms with Crippen LogP contribution in [-0.4, -0.2) is 22.8 Å². The molecule has 0 amide bonds. The molecule has 0 atom stereocenters. The highest BCUT2D eigenvalue weighted by Gasteiger charge is 2.09. The summed E-state index contributed by atoms with van der Waals surface area (Å²) in [5, 5.41) is 9.18. The molecule has 0 unspecified atom stereocenters. The summed E-state index contributed by atoms with van der Waals surface area (Å²) >= 11 is 0. The molecule has 0 radical (unpaired) electrons. The quantitative estimate of drug-likeness (QED) is 0.616. The molecule has 1 N–H and O–H groups in total. The maximum Gasteiger partial charge on any atom is 0.338 e. The van der Waals surface area contributed by atoms with Crippen LogP contribution in [0.4, 0.5) is 0 Å². The second-order valence-corrected chi connectivity index (χ2v) is 2.49. The monoisotopic (exact) mass is 183 g/mol. The number of hydrogen-bond donors (Lipinski definition) is 1. The summed E-state index contributed by atoms with van der Waals surface area (Å²) in [7, 11) is 2.61. The predicted octanol–water partition coefficient (Wildman–Crippen LogP) is -0.123. The molecule has 13 heavy (non-hydrogen) atoms. The molecule has 5 nitrogen and oxygen atoms in total. The van der Waals surface area contributed by atoms with E-state index >= 15 is 0 Å². The number of methoxy groups -OCH3 is 1. The Morgan fingerprint density at radius 2 is 2.15 bits per heavy atom. The molecule has 1 heterocycles. The molecule has 0 fully saturated rings. The third-order valence-corrected chi connectivity index (χ3v) is 1.66.